The van der Waals surface area contributed by atoms with Crippen LogP contribution in [0.15, 0.2) is 18.2 Å². The Morgan fingerprint density at radius 3 is 2.74 bits per heavy atom. The van der Waals surface area contributed by atoms with Gasteiger partial charge in [0.05, 0.1) is 12.4 Å². The minimum Gasteiger partial charge on any atom is -0.496 e. The molecule has 128 valence electrons. The Bertz CT molecular complexity index is 577. The van der Waals surface area contributed by atoms with Crippen LogP contribution in [-0.4, -0.2) is 34.4 Å². The summed E-state index contributed by atoms with van der Waals surface area (Å²) in [7, 11) is 0.751. The van der Waals surface area contributed by atoms with Crippen molar-refractivity contribution in [3.05, 3.63) is 23.8 Å². The number of rotatable bonds is 5. The minimum atomic E-state index is -0.873. The first-order chi connectivity index (χ1) is 11.0. The second kappa shape index (κ2) is 8.34. The van der Waals surface area contributed by atoms with Gasteiger partial charge in [0.2, 0.25) is 0 Å². The molecule has 0 bridgehead atoms. The van der Waals surface area contributed by atoms with E-state index in [4.69, 9.17) is 4.74 Å². The smallest absolute Gasteiger partial charge is 0.319 e. The van der Waals surface area contributed by atoms with Crippen LogP contribution in [0.4, 0.5) is 10.5 Å². The van der Waals surface area contributed by atoms with Gasteiger partial charge in [-0.15, -0.1) is 0 Å². The summed E-state index contributed by atoms with van der Waals surface area (Å²) in [5.41, 5.74) is 1.69. The molecule has 1 saturated carbocycles. The van der Waals surface area contributed by atoms with Gasteiger partial charge >= 0.3 is 6.03 Å². The van der Waals surface area contributed by atoms with Crippen molar-refractivity contribution in [2.75, 3.05) is 18.2 Å². The normalized spacial score (nSPS) is 22.2. The Hall–Kier alpha value is -1.56. The maximum absolute atomic E-state index is 12.3. The van der Waals surface area contributed by atoms with Gasteiger partial charge in [-0.1, -0.05) is 19.8 Å². The third-order valence-electron chi connectivity index (χ3n) is 4.29. The number of nitrogens with one attached hydrogen (secondary N) is 2. The van der Waals surface area contributed by atoms with Crippen LogP contribution in [0.5, 0.6) is 5.75 Å². The van der Waals surface area contributed by atoms with Crippen molar-refractivity contribution in [3.8, 4) is 5.75 Å². The van der Waals surface area contributed by atoms with Crippen LogP contribution in [0.3, 0.4) is 0 Å². The third kappa shape index (κ3) is 4.70. The number of methoxy groups -OCH3 is 1. The van der Waals surface area contributed by atoms with E-state index < -0.39 is 10.8 Å². The van der Waals surface area contributed by atoms with Crippen molar-refractivity contribution in [3.63, 3.8) is 0 Å². The van der Waals surface area contributed by atoms with Crippen molar-refractivity contribution in [2.24, 2.45) is 0 Å². The molecule has 1 aliphatic carbocycles. The predicted octanol–water partition coefficient (Wildman–Crippen LogP) is 3.20. The van der Waals surface area contributed by atoms with Gasteiger partial charge in [0, 0.05) is 28.3 Å². The first-order valence-electron chi connectivity index (χ1n) is 8.14. The lowest BCUT2D eigenvalue weighted by molar-refractivity contribution is 0.244. The fourth-order valence-corrected chi connectivity index (χ4v) is 4.51. The van der Waals surface area contributed by atoms with Crippen molar-refractivity contribution in [2.45, 2.75) is 50.8 Å². The summed E-state index contributed by atoms with van der Waals surface area (Å²) >= 11 is 0. The molecule has 0 spiro atoms. The van der Waals surface area contributed by atoms with Crippen LogP contribution >= 0.6 is 0 Å². The van der Waals surface area contributed by atoms with Crippen LogP contribution in [-0.2, 0) is 10.8 Å². The van der Waals surface area contributed by atoms with E-state index in [-0.39, 0.29) is 17.3 Å². The molecular formula is C17H26N2O3S. The number of benzene rings is 1. The predicted molar refractivity (Wildman–Crippen MR) is 94.6 cm³/mol. The summed E-state index contributed by atoms with van der Waals surface area (Å²) < 4.78 is 17.4. The molecule has 0 heterocycles. The molecule has 2 rings (SSSR count). The number of urea groups is 1. The van der Waals surface area contributed by atoms with Crippen LogP contribution in [0.25, 0.3) is 0 Å². The highest BCUT2D eigenvalue weighted by molar-refractivity contribution is 7.85. The summed E-state index contributed by atoms with van der Waals surface area (Å²) in [6, 6.07) is 5.28. The molecule has 6 heteroatoms. The zero-order chi connectivity index (χ0) is 16.8. The topological polar surface area (TPSA) is 67.4 Å². The zero-order valence-electron chi connectivity index (χ0n) is 14.1. The highest BCUT2D eigenvalue weighted by Crippen LogP contribution is 2.24. The first kappa shape index (κ1) is 17.8. The maximum atomic E-state index is 12.3. The fourth-order valence-electron chi connectivity index (χ4n) is 3.08. The van der Waals surface area contributed by atoms with E-state index in [0.717, 1.165) is 42.7 Å². The van der Waals surface area contributed by atoms with Gasteiger partial charge in [-0.25, -0.2) is 4.79 Å². The molecule has 1 aromatic rings. The minimum absolute atomic E-state index is 0.0103. The quantitative estimate of drug-likeness (QED) is 0.866. The van der Waals surface area contributed by atoms with E-state index in [1.54, 1.807) is 7.11 Å². The van der Waals surface area contributed by atoms with Gasteiger partial charge in [-0.3, -0.25) is 4.21 Å². The third-order valence-corrected chi connectivity index (χ3v) is 6.10. The Balaban J connectivity index is 1.97. The van der Waals surface area contributed by atoms with E-state index >= 15 is 0 Å². The molecule has 3 atom stereocenters. The number of ether oxygens (including phenoxy) is 1. The van der Waals surface area contributed by atoms with E-state index in [1.807, 2.05) is 32.0 Å². The fraction of sp³-hybridized carbons (Fsp3) is 0.588. The van der Waals surface area contributed by atoms with Crippen LogP contribution in [0, 0.1) is 6.92 Å². The zero-order valence-corrected chi connectivity index (χ0v) is 14.9. The Morgan fingerprint density at radius 2 is 2.09 bits per heavy atom. The van der Waals surface area contributed by atoms with Crippen molar-refractivity contribution in [1.82, 2.24) is 5.32 Å². The van der Waals surface area contributed by atoms with E-state index in [0.29, 0.717) is 5.75 Å². The summed E-state index contributed by atoms with van der Waals surface area (Å²) in [5.74, 6) is 1.43. The molecule has 0 saturated heterocycles. The van der Waals surface area contributed by atoms with Crippen LogP contribution < -0.4 is 15.4 Å². The van der Waals surface area contributed by atoms with Crippen molar-refractivity contribution < 1.29 is 13.7 Å². The number of carbonyl (C=O) groups is 1. The molecule has 2 N–H and O–H groups in total. The highest BCUT2D eigenvalue weighted by Gasteiger charge is 2.30. The summed E-state index contributed by atoms with van der Waals surface area (Å²) in [6.45, 7) is 3.87. The lowest BCUT2D eigenvalue weighted by Crippen LogP contribution is -2.48. The second-order valence-corrected chi connectivity index (χ2v) is 7.83. The van der Waals surface area contributed by atoms with Crippen molar-refractivity contribution in [1.29, 1.82) is 0 Å². The Kier molecular flexibility index (Phi) is 6.45. The van der Waals surface area contributed by atoms with E-state index in [9.17, 15) is 9.00 Å². The van der Waals surface area contributed by atoms with Gasteiger partial charge in [0.25, 0.3) is 0 Å². The number of hydrogen-bond acceptors (Lipinski definition) is 3. The first-order valence-corrected chi connectivity index (χ1v) is 9.52. The molecule has 5 nitrogen and oxygen atoms in total. The number of anilines is 1. The lowest BCUT2D eigenvalue weighted by Gasteiger charge is -2.31. The Labute approximate surface area is 140 Å². The van der Waals surface area contributed by atoms with E-state index in [1.165, 1.54) is 0 Å². The number of hydrogen-bond donors (Lipinski definition) is 2. The molecule has 1 aromatic carbocycles. The van der Waals surface area contributed by atoms with E-state index in [2.05, 4.69) is 10.6 Å². The standard InChI is InChI=1S/C17H26N2O3S/c1-4-23(21)16-8-6-5-7-14(16)19-17(20)18-13-9-10-15(22-3)12(2)11-13/h9-11,14,16H,4-8H2,1-3H3,(H2,18,19,20)/t14-,16+,23+/m1/s1. The molecule has 0 unspecified atom stereocenters. The average molecular weight is 338 g/mol. The number of aryl methyl sites for hydroxylation is 1. The Morgan fingerprint density at radius 1 is 1.35 bits per heavy atom. The second-order valence-electron chi connectivity index (χ2n) is 5.88. The van der Waals surface area contributed by atoms with Gasteiger partial charge in [0.1, 0.15) is 5.75 Å². The molecule has 0 aliphatic heterocycles. The molecular weight excluding hydrogens is 312 g/mol. The molecule has 1 fully saturated rings. The van der Waals surface area contributed by atoms with Gasteiger partial charge in [-0.05, 0) is 43.5 Å². The van der Waals surface area contributed by atoms with Gasteiger partial charge in [-0.2, -0.15) is 0 Å². The summed E-state index contributed by atoms with van der Waals surface area (Å²) in [5, 5.41) is 5.93. The van der Waals surface area contributed by atoms with Crippen LogP contribution in [0.2, 0.25) is 0 Å². The summed E-state index contributed by atoms with van der Waals surface area (Å²) in [4.78, 5) is 12.3. The molecule has 1 aliphatic rings. The van der Waals surface area contributed by atoms with Crippen molar-refractivity contribution >= 4 is 22.5 Å². The monoisotopic (exact) mass is 338 g/mol. The molecule has 0 radical (unpaired) electrons. The highest BCUT2D eigenvalue weighted by atomic mass is 32.2. The molecule has 2 amide bonds. The van der Waals surface area contributed by atoms with Gasteiger partial charge in [0.15, 0.2) is 0 Å². The van der Waals surface area contributed by atoms with Gasteiger partial charge < -0.3 is 15.4 Å². The number of amides is 2. The average Bonchev–Trinajstić information content (AvgIpc) is 2.54. The van der Waals surface area contributed by atoms with Crippen LogP contribution in [0.1, 0.15) is 38.2 Å². The number of carbonyl (C=O) groups excluding carboxylic acids is 1. The lowest BCUT2D eigenvalue weighted by atomic mass is 9.95. The summed E-state index contributed by atoms with van der Waals surface area (Å²) in [6.07, 6.45) is 3.98. The molecule has 0 aromatic heterocycles. The SMILES string of the molecule is CC[S@](=O)[C@H]1CCCC[C@H]1NC(=O)Nc1ccc(OC)c(C)c1. The maximum Gasteiger partial charge on any atom is 0.319 e. The largest absolute Gasteiger partial charge is 0.496 e. The molecule has 23 heavy (non-hydrogen) atoms.